The number of hydrazone groups is 1. The number of methoxy groups -OCH3 is 1. The number of amides is 1. The number of hydrogen-bond acceptors (Lipinski definition) is 6. The molecule has 9 heteroatoms. The molecule has 0 bridgehead atoms. The molecule has 1 heterocycles. The van der Waals surface area contributed by atoms with E-state index in [1.807, 2.05) is 59.2 Å². The van der Waals surface area contributed by atoms with E-state index >= 15 is 0 Å². The van der Waals surface area contributed by atoms with Crippen LogP contribution in [0.5, 0.6) is 5.75 Å². The van der Waals surface area contributed by atoms with Gasteiger partial charge in [0.15, 0.2) is 11.0 Å². The zero-order valence-corrected chi connectivity index (χ0v) is 18.5. The van der Waals surface area contributed by atoms with Crippen molar-refractivity contribution in [3.8, 4) is 22.8 Å². The number of hydrogen-bond donors (Lipinski definition) is 1. The van der Waals surface area contributed by atoms with E-state index in [-0.39, 0.29) is 17.2 Å². The van der Waals surface area contributed by atoms with Crippen LogP contribution < -0.4 is 10.2 Å². The first-order valence-corrected chi connectivity index (χ1v) is 11.0. The molecule has 0 unspecified atom stereocenters. The van der Waals surface area contributed by atoms with Crippen molar-refractivity contribution in [3.63, 3.8) is 0 Å². The molecule has 3 aromatic carbocycles. The molecule has 1 aromatic heterocycles. The first-order chi connectivity index (χ1) is 16.2. The highest BCUT2D eigenvalue weighted by molar-refractivity contribution is 7.99. The smallest absolute Gasteiger partial charge is 0.250 e. The Morgan fingerprint density at radius 2 is 1.79 bits per heavy atom. The third-order valence-corrected chi connectivity index (χ3v) is 5.56. The Kier molecular flexibility index (Phi) is 7.11. The first kappa shape index (κ1) is 22.2. The van der Waals surface area contributed by atoms with Gasteiger partial charge in [0, 0.05) is 16.8 Å². The molecular weight excluding hydrogens is 441 g/mol. The van der Waals surface area contributed by atoms with Crippen molar-refractivity contribution >= 4 is 23.9 Å². The van der Waals surface area contributed by atoms with Gasteiger partial charge in [-0.25, -0.2) is 9.82 Å². The average molecular weight is 462 g/mol. The number of carbonyl (C=O) groups excluding carboxylic acids is 1. The van der Waals surface area contributed by atoms with Crippen LogP contribution in [0.1, 0.15) is 5.56 Å². The maximum absolute atomic E-state index is 13.6. The number of carbonyl (C=O) groups is 1. The summed E-state index contributed by atoms with van der Waals surface area (Å²) in [5, 5.41) is 13.0. The molecule has 0 aliphatic rings. The lowest BCUT2D eigenvalue weighted by atomic mass is 10.2. The maximum atomic E-state index is 13.6. The fourth-order valence-corrected chi connectivity index (χ4v) is 3.76. The van der Waals surface area contributed by atoms with E-state index in [0.29, 0.717) is 11.0 Å². The Labute approximate surface area is 194 Å². The van der Waals surface area contributed by atoms with Crippen LogP contribution in [0.3, 0.4) is 0 Å². The SMILES string of the molecule is COc1ccc(-n2c(SCC(=O)N/N=C\c3ccccc3F)nnc2-c2ccccc2)cc1. The normalized spacial score (nSPS) is 11.0. The molecule has 0 radical (unpaired) electrons. The summed E-state index contributed by atoms with van der Waals surface area (Å²) >= 11 is 1.22. The van der Waals surface area contributed by atoms with E-state index in [1.165, 1.54) is 24.0 Å². The summed E-state index contributed by atoms with van der Waals surface area (Å²) in [7, 11) is 1.61. The van der Waals surface area contributed by atoms with Crippen LogP contribution >= 0.6 is 11.8 Å². The Bertz CT molecular complexity index is 1260. The monoisotopic (exact) mass is 461 g/mol. The van der Waals surface area contributed by atoms with Gasteiger partial charge in [-0.1, -0.05) is 60.3 Å². The van der Waals surface area contributed by atoms with Gasteiger partial charge in [0.2, 0.25) is 0 Å². The third-order valence-electron chi connectivity index (χ3n) is 4.63. The number of rotatable bonds is 8. The van der Waals surface area contributed by atoms with Crippen molar-refractivity contribution in [3.05, 3.63) is 90.2 Å². The van der Waals surface area contributed by atoms with E-state index in [4.69, 9.17) is 4.74 Å². The lowest BCUT2D eigenvalue weighted by Gasteiger charge is -2.11. The summed E-state index contributed by atoms with van der Waals surface area (Å²) in [5.74, 6) is 0.678. The van der Waals surface area contributed by atoms with Crippen molar-refractivity contribution in [1.82, 2.24) is 20.2 Å². The van der Waals surface area contributed by atoms with Crippen LogP contribution in [-0.2, 0) is 4.79 Å². The van der Waals surface area contributed by atoms with Crippen molar-refractivity contribution in [1.29, 1.82) is 0 Å². The first-order valence-electron chi connectivity index (χ1n) is 10.00. The minimum Gasteiger partial charge on any atom is -0.497 e. The van der Waals surface area contributed by atoms with Crippen molar-refractivity contribution in [2.75, 3.05) is 12.9 Å². The van der Waals surface area contributed by atoms with E-state index in [9.17, 15) is 9.18 Å². The lowest BCUT2D eigenvalue weighted by Crippen LogP contribution is -2.20. The van der Waals surface area contributed by atoms with Gasteiger partial charge in [-0.05, 0) is 30.3 Å². The zero-order chi connectivity index (χ0) is 23.0. The van der Waals surface area contributed by atoms with Gasteiger partial charge in [0.05, 0.1) is 19.1 Å². The molecule has 7 nitrogen and oxygen atoms in total. The molecule has 0 saturated carbocycles. The van der Waals surface area contributed by atoms with Crippen LogP contribution in [0, 0.1) is 5.82 Å². The summed E-state index contributed by atoms with van der Waals surface area (Å²) in [6.45, 7) is 0. The van der Waals surface area contributed by atoms with Gasteiger partial charge in [-0.15, -0.1) is 10.2 Å². The summed E-state index contributed by atoms with van der Waals surface area (Å²) in [6, 6.07) is 23.4. The second-order valence-electron chi connectivity index (χ2n) is 6.81. The number of halogens is 1. The molecule has 4 aromatic rings. The van der Waals surface area contributed by atoms with Crippen LogP contribution in [0.15, 0.2) is 89.1 Å². The van der Waals surface area contributed by atoms with Gasteiger partial charge in [0.1, 0.15) is 11.6 Å². The molecule has 0 spiro atoms. The number of nitrogens with one attached hydrogen (secondary N) is 1. The molecule has 0 saturated heterocycles. The van der Waals surface area contributed by atoms with Crippen LogP contribution in [0.2, 0.25) is 0 Å². The van der Waals surface area contributed by atoms with Crippen molar-refractivity contribution in [2.45, 2.75) is 5.16 Å². The van der Waals surface area contributed by atoms with Gasteiger partial charge >= 0.3 is 0 Å². The average Bonchev–Trinajstić information content (AvgIpc) is 3.28. The predicted octanol–water partition coefficient (Wildman–Crippen LogP) is 4.32. The molecule has 0 aliphatic heterocycles. The Balaban J connectivity index is 1.51. The third kappa shape index (κ3) is 5.45. The van der Waals surface area contributed by atoms with Crippen LogP contribution in [-0.4, -0.2) is 39.7 Å². The summed E-state index contributed by atoms with van der Waals surface area (Å²) in [5.41, 5.74) is 4.43. The molecule has 4 rings (SSSR count). The topological polar surface area (TPSA) is 81.4 Å². The second-order valence-corrected chi connectivity index (χ2v) is 7.75. The Hall–Kier alpha value is -3.98. The number of thioether (sulfide) groups is 1. The minimum atomic E-state index is -0.411. The maximum Gasteiger partial charge on any atom is 0.250 e. The Morgan fingerprint density at radius 1 is 1.06 bits per heavy atom. The number of ether oxygens (including phenoxy) is 1. The highest BCUT2D eigenvalue weighted by Crippen LogP contribution is 2.28. The molecule has 0 fully saturated rings. The van der Waals surface area contributed by atoms with Gasteiger partial charge in [0.25, 0.3) is 5.91 Å². The van der Waals surface area contributed by atoms with E-state index in [1.54, 1.807) is 25.3 Å². The minimum absolute atomic E-state index is 0.0533. The highest BCUT2D eigenvalue weighted by Gasteiger charge is 2.17. The van der Waals surface area contributed by atoms with E-state index < -0.39 is 5.82 Å². The van der Waals surface area contributed by atoms with Crippen LogP contribution in [0.4, 0.5) is 4.39 Å². The molecule has 1 amide bonds. The molecule has 0 atom stereocenters. The van der Waals surface area contributed by atoms with Crippen molar-refractivity contribution < 1.29 is 13.9 Å². The van der Waals surface area contributed by atoms with Crippen molar-refractivity contribution in [2.24, 2.45) is 5.10 Å². The number of benzene rings is 3. The quantitative estimate of drug-likeness (QED) is 0.240. The van der Waals surface area contributed by atoms with E-state index in [2.05, 4.69) is 20.7 Å². The van der Waals surface area contributed by atoms with Gasteiger partial charge in [-0.3, -0.25) is 9.36 Å². The zero-order valence-electron chi connectivity index (χ0n) is 17.7. The van der Waals surface area contributed by atoms with Crippen LogP contribution in [0.25, 0.3) is 17.1 Å². The summed E-state index contributed by atoms with van der Waals surface area (Å²) < 4.78 is 20.8. The molecule has 0 aliphatic carbocycles. The molecule has 166 valence electrons. The second kappa shape index (κ2) is 10.6. The number of aromatic nitrogens is 3. The molecule has 33 heavy (non-hydrogen) atoms. The summed E-state index contributed by atoms with van der Waals surface area (Å²) in [4.78, 5) is 12.3. The fraction of sp³-hybridized carbons (Fsp3) is 0.0833. The fourth-order valence-electron chi connectivity index (χ4n) is 3.02. The lowest BCUT2D eigenvalue weighted by molar-refractivity contribution is -0.118. The predicted molar refractivity (Wildman–Crippen MR) is 126 cm³/mol. The highest BCUT2D eigenvalue weighted by atomic mass is 32.2. The Morgan fingerprint density at radius 3 is 2.52 bits per heavy atom. The molecular formula is C24H20FN5O2S. The van der Waals surface area contributed by atoms with Gasteiger partial charge < -0.3 is 4.74 Å². The number of nitrogens with zero attached hydrogens (tertiary/aromatic N) is 4. The summed E-state index contributed by atoms with van der Waals surface area (Å²) in [6.07, 6.45) is 1.27. The largest absolute Gasteiger partial charge is 0.497 e. The van der Waals surface area contributed by atoms with E-state index in [0.717, 1.165) is 17.0 Å². The standard InChI is InChI=1S/C24H20FN5O2S/c1-32-20-13-11-19(12-14-20)30-23(17-7-3-2-4-8-17)28-29-24(30)33-16-22(31)27-26-15-18-9-5-6-10-21(18)25/h2-15H,16H2,1H3,(H,27,31)/b26-15-. The molecule has 1 N–H and O–H groups in total. The van der Waals surface area contributed by atoms with Gasteiger partial charge in [-0.2, -0.15) is 5.10 Å².